The van der Waals surface area contributed by atoms with Crippen molar-refractivity contribution in [3.05, 3.63) is 89.0 Å². The van der Waals surface area contributed by atoms with Gasteiger partial charge in [-0.15, -0.1) is 0 Å². The Balaban J connectivity index is 1.71. The van der Waals surface area contributed by atoms with Crippen molar-refractivity contribution in [1.82, 2.24) is 14.3 Å². The molecular formula is C23H27N3O2S. The molecule has 0 aliphatic carbocycles. The second-order valence-corrected chi connectivity index (χ2v) is 8.62. The van der Waals surface area contributed by atoms with Crippen molar-refractivity contribution in [1.29, 1.82) is 0 Å². The fraction of sp³-hybridized carbons (Fsp3) is 0.304. The molecule has 0 aliphatic heterocycles. The molecule has 0 bridgehead atoms. The number of ether oxygens (including phenoxy) is 1. The van der Waals surface area contributed by atoms with Crippen LogP contribution in [0.25, 0.3) is 0 Å². The Labute approximate surface area is 175 Å². The largest absolute Gasteiger partial charge is 0.497 e. The van der Waals surface area contributed by atoms with Gasteiger partial charge in [0.2, 0.25) is 0 Å². The normalized spacial score (nSPS) is 12.1. The Morgan fingerprint density at radius 2 is 1.52 bits per heavy atom. The topological polar surface area (TPSA) is 55.3 Å². The number of aryl methyl sites for hydroxylation is 3. The Hall–Kier alpha value is -2.57. The van der Waals surface area contributed by atoms with Crippen LogP contribution in [0.1, 0.15) is 28.1 Å². The van der Waals surface area contributed by atoms with Crippen LogP contribution >= 0.6 is 0 Å². The molecule has 2 aromatic carbocycles. The third-order valence-corrected chi connectivity index (χ3v) is 6.04. The van der Waals surface area contributed by atoms with E-state index in [0.717, 1.165) is 28.3 Å². The Morgan fingerprint density at radius 1 is 0.897 bits per heavy atom. The molecule has 6 heteroatoms. The summed E-state index contributed by atoms with van der Waals surface area (Å²) in [5.41, 5.74) is 5.21. The minimum atomic E-state index is -1.14. The van der Waals surface area contributed by atoms with E-state index in [1.165, 1.54) is 5.56 Å². The second-order valence-electron chi connectivity index (χ2n) is 7.06. The summed E-state index contributed by atoms with van der Waals surface area (Å²) in [4.78, 5) is 8.65. The van der Waals surface area contributed by atoms with Gasteiger partial charge in [0.1, 0.15) is 5.75 Å². The van der Waals surface area contributed by atoms with Crippen LogP contribution in [0.15, 0.2) is 60.9 Å². The highest BCUT2D eigenvalue weighted by Gasteiger charge is 2.15. The second kappa shape index (κ2) is 10.3. The van der Waals surface area contributed by atoms with Gasteiger partial charge in [-0.05, 0) is 37.1 Å². The summed E-state index contributed by atoms with van der Waals surface area (Å²) in [7, 11) is 0.512. The molecule has 3 aromatic rings. The van der Waals surface area contributed by atoms with E-state index in [1.54, 1.807) is 19.5 Å². The van der Waals surface area contributed by atoms with E-state index >= 15 is 0 Å². The maximum atomic E-state index is 13.1. The molecule has 152 valence electrons. The van der Waals surface area contributed by atoms with Crippen LogP contribution in [0.2, 0.25) is 0 Å². The first-order valence-electron chi connectivity index (χ1n) is 9.63. The van der Waals surface area contributed by atoms with E-state index < -0.39 is 11.0 Å². The number of nitrogens with zero attached hydrogens (tertiary/aromatic N) is 3. The molecule has 0 spiro atoms. The van der Waals surface area contributed by atoms with Gasteiger partial charge in [-0.2, -0.15) is 0 Å². The van der Waals surface area contributed by atoms with E-state index in [2.05, 4.69) is 41.2 Å². The predicted molar refractivity (Wildman–Crippen MR) is 117 cm³/mol. The summed E-state index contributed by atoms with van der Waals surface area (Å²) < 4.78 is 20.4. The van der Waals surface area contributed by atoms with Gasteiger partial charge in [0, 0.05) is 37.7 Å². The fourth-order valence-corrected chi connectivity index (χ4v) is 4.13. The van der Waals surface area contributed by atoms with E-state index in [9.17, 15) is 4.21 Å². The van der Waals surface area contributed by atoms with Gasteiger partial charge in [0.25, 0.3) is 0 Å². The monoisotopic (exact) mass is 409 g/mol. The molecule has 1 atom stereocenters. The van der Waals surface area contributed by atoms with Crippen molar-refractivity contribution < 1.29 is 8.95 Å². The summed E-state index contributed by atoms with van der Waals surface area (Å²) in [5.74, 6) is 1.33. The zero-order valence-electron chi connectivity index (χ0n) is 17.2. The molecule has 0 saturated heterocycles. The van der Waals surface area contributed by atoms with E-state index in [4.69, 9.17) is 4.74 Å². The SMILES string of the molecule is COc1ccc(CN(Cc2ccc(C)cc2)S(=O)CCc2cnc(C)cn2)cc1. The van der Waals surface area contributed by atoms with Crippen LogP contribution in [0.5, 0.6) is 5.75 Å². The van der Waals surface area contributed by atoms with E-state index in [0.29, 0.717) is 25.3 Å². The maximum Gasteiger partial charge on any atom is 0.118 e. The number of benzene rings is 2. The molecule has 5 nitrogen and oxygen atoms in total. The molecule has 1 aromatic heterocycles. The van der Waals surface area contributed by atoms with Gasteiger partial charge < -0.3 is 4.74 Å². The van der Waals surface area contributed by atoms with Crippen molar-refractivity contribution in [3.63, 3.8) is 0 Å². The Bertz CT molecular complexity index is 926. The quantitative estimate of drug-likeness (QED) is 0.536. The van der Waals surface area contributed by atoms with Crippen LogP contribution in [-0.4, -0.2) is 31.3 Å². The molecule has 0 amide bonds. The van der Waals surface area contributed by atoms with Gasteiger partial charge in [-0.25, -0.2) is 8.51 Å². The number of aromatic nitrogens is 2. The van der Waals surface area contributed by atoms with Crippen molar-refractivity contribution in [2.45, 2.75) is 33.4 Å². The molecule has 0 fully saturated rings. The van der Waals surface area contributed by atoms with Crippen molar-refractivity contribution in [2.24, 2.45) is 0 Å². The molecule has 0 N–H and O–H groups in total. The molecule has 0 radical (unpaired) electrons. The molecule has 29 heavy (non-hydrogen) atoms. The van der Waals surface area contributed by atoms with Crippen LogP contribution in [-0.2, 0) is 30.5 Å². The lowest BCUT2D eigenvalue weighted by Gasteiger charge is -2.22. The minimum absolute atomic E-state index is 0.514. The van der Waals surface area contributed by atoms with Crippen molar-refractivity contribution >= 4 is 11.0 Å². The van der Waals surface area contributed by atoms with Gasteiger partial charge in [0.05, 0.1) is 29.5 Å². The highest BCUT2D eigenvalue weighted by molar-refractivity contribution is 7.82. The van der Waals surface area contributed by atoms with Crippen LogP contribution in [0.4, 0.5) is 0 Å². The van der Waals surface area contributed by atoms with Gasteiger partial charge in [-0.3, -0.25) is 9.97 Å². The molecule has 0 aliphatic rings. The van der Waals surface area contributed by atoms with Crippen molar-refractivity contribution in [2.75, 3.05) is 12.9 Å². The summed E-state index contributed by atoms with van der Waals surface area (Å²) in [5, 5.41) is 0. The zero-order valence-corrected chi connectivity index (χ0v) is 18.0. The highest BCUT2D eigenvalue weighted by atomic mass is 32.2. The average molecular weight is 410 g/mol. The molecule has 1 unspecified atom stereocenters. The predicted octanol–water partition coefficient (Wildman–Crippen LogP) is 4.01. The lowest BCUT2D eigenvalue weighted by atomic mass is 10.1. The number of hydrogen-bond acceptors (Lipinski definition) is 4. The first-order valence-corrected chi connectivity index (χ1v) is 10.9. The van der Waals surface area contributed by atoms with E-state index in [1.807, 2.05) is 35.5 Å². The van der Waals surface area contributed by atoms with E-state index in [-0.39, 0.29) is 0 Å². The standard InChI is InChI=1S/C23H27N3O2S/c1-18-4-6-20(7-5-18)16-26(17-21-8-10-23(28-3)11-9-21)29(27)13-12-22-15-24-19(2)14-25-22/h4-11,14-15H,12-13,16-17H2,1-3H3. The summed E-state index contributed by atoms with van der Waals surface area (Å²) in [6.45, 7) is 5.20. The van der Waals surface area contributed by atoms with Gasteiger partial charge in [-0.1, -0.05) is 42.0 Å². The molecule has 3 rings (SSSR count). The third kappa shape index (κ3) is 6.48. The van der Waals surface area contributed by atoms with Crippen LogP contribution < -0.4 is 4.74 Å². The summed E-state index contributed by atoms with van der Waals surface area (Å²) in [6.07, 6.45) is 4.15. The molecular weight excluding hydrogens is 382 g/mol. The lowest BCUT2D eigenvalue weighted by molar-refractivity contribution is 0.413. The highest BCUT2D eigenvalue weighted by Crippen LogP contribution is 2.17. The molecule has 1 heterocycles. The van der Waals surface area contributed by atoms with Crippen LogP contribution in [0.3, 0.4) is 0 Å². The number of hydrogen-bond donors (Lipinski definition) is 0. The maximum absolute atomic E-state index is 13.1. The van der Waals surface area contributed by atoms with Gasteiger partial charge in [0.15, 0.2) is 0 Å². The first kappa shape index (κ1) is 21.1. The zero-order chi connectivity index (χ0) is 20.6. The molecule has 0 saturated carbocycles. The number of methoxy groups -OCH3 is 1. The summed E-state index contributed by atoms with van der Waals surface area (Å²) >= 11 is 0. The smallest absolute Gasteiger partial charge is 0.118 e. The Kier molecular flexibility index (Phi) is 7.49. The van der Waals surface area contributed by atoms with Crippen LogP contribution in [0, 0.1) is 13.8 Å². The fourth-order valence-electron chi connectivity index (χ4n) is 2.90. The minimum Gasteiger partial charge on any atom is -0.497 e. The average Bonchev–Trinajstić information content (AvgIpc) is 2.74. The summed E-state index contributed by atoms with van der Waals surface area (Å²) in [6, 6.07) is 16.3. The lowest BCUT2D eigenvalue weighted by Crippen LogP contribution is -2.28. The Morgan fingerprint density at radius 3 is 2.07 bits per heavy atom. The number of rotatable bonds is 9. The van der Waals surface area contributed by atoms with Gasteiger partial charge >= 0.3 is 0 Å². The third-order valence-electron chi connectivity index (χ3n) is 4.65. The van der Waals surface area contributed by atoms with Crippen molar-refractivity contribution in [3.8, 4) is 5.75 Å². The first-order chi connectivity index (χ1) is 14.0.